The Bertz CT molecular complexity index is 2630. The van der Waals surface area contributed by atoms with Crippen molar-refractivity contribution in [3.63, 3.8) is 0 Å². The van der Waals surface area contributed by atoms with E-state index in [0.29, 0.717) is 12.1 Å². The monoisotopic (exact) mass is 1020 g/mol. The van der Waals surface area contributed by atoms with Crippen molar-refractivity contribution >= 4 is 82.0 Å². The number of hydrogen-bond acceptors (Lipinski definition) is 20. The molecule has 73 heavy (non-hydrogen) atoms. The highest BCUT2D eigenvalue weighted by Crippen LogP contribution is 2.41. The molecule has 6 unspecified atom stereocenters. The van der Waals surface area contributed by atoms with Gasteiger partial charge in [-0.3, -0.25) is 70.6 Å². The summed E-state index contributed by atoms with van der Waals surface area (Å²) in [7, 11) is 0. The Kier molecular flexibility index (Phi) is 20.3. The van der Waals surface area contributed by atoms with Gasteiger partial charge in [0.15, 0.2) is 54.2 Å². The number of aliphatic hydroxyl groups is 1. The fourth-order valence-corrected chi connectivity index (χ4v) is 6.23. The standard InChI is InChI=1S/C37H47N23O13/c38-12-16-10-19(59(68)69)23(20(11-16)60(70)71)58(13-15-6-8-18(9-7-15)57-73-72)21(14-61)29(63)48-22(17-4-2-1-3-5-17)30(64)50-26(54-35(42)43)32(66)52-28(56-37(46)47)33(67)51-27(55-36(44)45)31(65)49-25(24(39)62)53-34(40)41/h1-11,21-22,25-28,57,61,72H,13-14H2,(H2,39,62)(H,48,63)(H,49,65)(H,50,64)(H,51,67)(H,52,66)(H4,40,41,53)(H4,42,43,54)(H4,44,45,55)(H4,46,47,56). The lowest BCUT2D eigenvalue weighted by atomic mass is 10.0. The van der Waals surface area contributed by atoms with Crippen LogP contribution in [0.25, 0.3) is 0 Å². The summed E-state index contributed by atoms with van der Waals surface area (Å²) < 4.78 is 0. The van der Waals surface area contributed by atoms with Gasteiger partial charge in [-0.2, -0.15) is 5.26 Å². The summed E-state index contributed by atoms with van der Waals surface area (Å²) in [6.45, 7) is -1.90. The van der Waals surface area contributed by atoms with Crippen molar-refractivity contribution in [1.29, 1.82) is 26.9 Å². The third kappa shape index (κ3) is 16.5. The molecule has 0 aliphatic rings. The second kappa shape index (κ2) is 26.2. The molecule has 0 fully saturated rings. The molecule has 0 radical (unpaired) electrons. The summed E-state index contributed by atoms with van der Waals surface area (Å²) in [6, 6.07) is 11.2. The summed E-state index contributed by atoms with van der Waals surface area (Å²) in [5.74, 6) is -12.0. The van der Waals surface area contributed by atoms with Gasteiger partial charge in [-0.1, -0.05) is 42.5 Å². The van der Waals surface area contributed by atoms with Gasteiger partial charge in [-0.05, 0) is 23.3 Å². The molecule has 0 aromatic heterocycles. The van der Waals surface area contributed by atoms with Crippen molar-refractivity contribution in [2.24, 2.45) is 28.7 Å². The second-order valence-electron chi connectivity index (χ2n) is 14.5. The van der Waals surface area contributed by atoms with E-state index in [9.17, 15) is 59.4 Å². The van der Waals surface area contributed by atoms with Gasteiger partial charge in [0.2, 0.25) is 11.8 Å². The van der Waals surface area contributed by atoms with E-state index in [2.05, 4.69) is 26.4 Å². The number of nitro groups is 2. The first kappa shape index (κ1) is 56.7. The van der Waals surface area contributed by atoms with Gasteiger partial charge in [0.05, 0.1) is 33.8 Å². The molecule has 3 aromatic rings. The molecule has 26 N–H and O–H groups in total. The molecule has 36 heteroatoms. The van der Waals surface area contributed by atoms with E-state index in [4.69, 9.17) is 55.6 Å². The zero-order valence-electron chi connectivity index (χ0n) is 37.3. The van der Waals surface area contributed by atoms with E-state index >= 15 is 0 Å². The van der Waals surface area contributed by atoms with Crippen LogP contribution in [0.3, 0.4) is 0 Å². The third-order valence-electron chi connectivity index (χ3n) is 9.30. The van der Waals surface area contributed by atoms with Crippen molar-refractivity contribution in [3.05, 3.63) is 104 Å². The number of anilines is 2. The second-order valence-corrected chi connectivity index (χ2v) is 14.5. The van der Waals surface area contributed by atoms with E-state index in [-0.39, 0.29) is 16.8 Å². The first-order valence-electron chi connectivity index (χ1n) is 20.1. The Morgan fingerprint density at radius 2 is 1.07 bits per heavy atom. The van der Waals surface area contributed by atoms with Crippen LogP contribution < -0.4 is 86.9 Å². The fourth-order valence-electron chi connectivity index (χ4n) is 6.23. The van der Waals surface area contributed by atoms with E-state index in [1.807, 2.05) is 31.9 Å². The Balaban J connectivity index is 2.08. The number of carbonyl (C=O) groups excluding carboxylic acids is 6. The molecule has 0 saturated carbocycles. The smallest absolute Gasteiger partial charge is 0.301 e. The number of guanidine groups is 4. The zero-order valence-corrected chi connectivity index (χ0v) is 37.3. The third-order valence-corrected chi connectivity index (χ3v) is 9.30. The van der Waals surface area contributed by atoms with Crippen LogP contribution in [-0.4, -0.2) is 117 Å². The van der Waals surface area contributed by atoms with Gasteiger partial charge in [0.1, 0.15) is 12.1 Å². The Morgan fingerprint density at radius 3 is 1.45 bits per heavy atom. The average Bonchev–Trinajstić information content (AvgIpc) is 3.31. The highest BCUT2D eigenvalue weighted by Gasteiger charge is 2.40. The summed E-state index contributed by atoms with van der Waals surface area (Å²) in [4.78, 5) is 109. The number of hydrogen-bond donors (Lipinski definition) is 21. The number of aliphatic hydroxyl groups excluding tert-OH is 1. The molecular weight excluding hydrogens is 975 g/mol. The molecule has 6 atom stereocenters. The predicted molar refractivity (Wildman–Crippen MR) is 250 cm³/mol. The number of primary amides is 1. The van der Waals surface area contributed by atoms with Crippen LogP contribution in [0.5, 0.6) is 0 Å². The molecule has 0 saturated heterocycles. The Labute approximate surface area is 408 Å². The minimum absolute atomic E-state index is 0.0574. The molecule has 0 aliphatic carbocycles. The maximum Gasteiger partial charge on any atom is 0.301 e. The predicted octanol–water partition coefficient (Wildman–Crippen LogP) is -6.40. The minimum Gasteiger partial charge on any atom is -0.394 e. The summed E-state index contributed by atoms with van der Waals surface area (Å²) in [5, 5.41) is 103. The van der Waals surface area contributed by atoms with Crippen molar-refractivity contribution in [1.82, 2.24) is 47.9 Å². The van der Waals surface area contributed by atoms with E-state index in [1.165, 1.54) is 54.6 Å². The number of nitrogens with two attached hydrogens (primary N) is 5. The molecule has 0 spiro atoms. The topological polar surface area (TPSA) is 611 Å². The highest BCUT2D eigenvalue weighted by molar-refractivity contribution is 6.00. The Morgan fingerprint density at radius 1 is 0.644 bits per heavy atom. The molecule has 3 rings (SSSR count). The van der Waals surface area contributed by atoms with Crippen LogP contribution in [0.1, 0.15) is 22.7 Å². The van der Waals surface area contributed by atoms with Gasteiger partial charge in [-0.25, -0.2) is 10.7 Å². The van der Waals surface area contributed by atoms with Gasteiger partial charge >= 0.3 is 11.4 Å². The number of rotatable bonds is 25. The van der Waals surface area contributed by atoms with Gasteiger partial charge < -0.3 is 86.5 Å². The summed E-state index contributed by atoms with van der Waals surface area (Å²) >= 11 is 0. The van der Waals surface area contributed by atoms with Crippen LogP contribution in [0.2, 0.25) is 0 Å². The van der Waals surface area contributed by atoms with Gasteiger partial charge in [0, 0.05) is 18.7 Å². The molecule has 0 aliphatic heterocycles. The molecule has 6 amide bonds. The molecule has 36 nitrogen and oxygen atoms in total. The Hall–Kier alpha value is -10.7. The van der Waals surface area contributed by atoms with Gasteiger partial charge in [0.25, 0.3) is 23.6 Å². The number of nitro benzene ring substituents is 2. The molecule has 0 bridgehead atoms. The number of nitrogens with one attached hydrogen (secondary N) is 14. The highest BCUT2D eigenvalue weighted by atomic mass is 17.2. The van der Waals surface area contributed by atoms with Gasteiger partial charge in [-0.15, -0.1) is 4.99 Å². The minimum atomic E-state index is -2.21. The lowest BCUT2D eigenvalue weighted by Crippen LogP contribution is -2.68. The van der Waals surface area contributed by atoms with E-state index in [1.54, 1.807) is 6.07 Å². The summed E-state index contributed by atoms with van der Waals surface area (Å²) in [6.07, 6.45) is -8.35. The first-order valence-corrected chi connectivity index (χ1v) is 20.1. The maximum absolute atomic E-state index is 14.5. The summed E-state index contributed by atoms with van der Waals surface area (Å²) in [5.41, 5.74) is 25.6. The maximum atomic E-state index is 14.5. The van der Waals surface area contributed by atoms with Crippen molar-refractivity contribution in [2.45, 2.75) is 43.3 Å². The molecular formula is C37H47N23O13. The average molecular weight is 1020 g/mol. The van der Waals surface area contributed by atoms with Crippen LogP contribution in [0.4, 0.5) is 22.7 Å². The lowest BCUT2D eigenvalue weighted by Gasteiger charge is -2.32. The normalized spacial score (nSPS) is 12.8. The number of carbonyl (C=O) groups is 6. The molecule has 388 valence electrons. The fraction of sp³-hybridized carbons (Fsp3) is 0.216. The number of benzene rings is 3. The van der Waals surface area contributed by atoms with E-state index in [0.717, 1.165) is 4.90 Å². The van der Waals surface area contributed by atoms with Crippen LogP contribution in [0.15, 0.2) is 66.7 Å². The number of nitriles is 1. The first-order chi connectivity index (χ1) is 34.4. The van der Waals surface area contributed by atoms with Crippen molar-refractivity contribution in [3.8, 4) is 6.07 Å². The quantitative estimate of drug-likeness (QED) is 0.00937. The van der Waals surface area contributed by atoms with E-state index < -0.39 is 142 Å². The number of nitrogens with zero attached hydrogens (tertiary/aromatic N) is 4. The van der Waals surface area contributed by atoms with Crippen LogP contribution in [-0.2, 0) is 40.3 Å². The van der Waals surface area contributed by atoms with Crippen LogP contribution >= 0.6 is 0 Å². The molecule has 3 aromatic carbocycles. The van der Waals surface area contributed by atoms with Crippen molar-refractivity contribution < 1.29 is 54.0 Å². The lowest BCUT2D eigenvalue weighted by molar-refractivity contribution is -0.392. The molecule has 0 heterocycles. The van der Waals surface area contributed by atoms with Crippen molar-refractivity contribution in [2.75, 3.05) is 17.0 Å². The number of amides is 6. The largest absolute Gasteiger partial charge is 0.394 e. The zero-order chi connectivity index (χ0) is 54.7. The SMILES string of the molecule is N#Cc1cc([N+](=O)[O-])c(N(Cc2ccc(NOO)cc2)C(CO)C(=O)NC(C(=O)NC(NC(=N)N)C(=O)NC(NC(=N)N)C(=O)NC(NC(=N)N)C(=O)NC(NC(=N)N)C(N)=O)c2ccccc2)c([N+](=O)[O-])c1. The van der Waals surface area contributed by atoms with Crippen LogP contribution in [0, 0.1) is 53.2 Å².